The van der Waals surface area contributed by atoms with Crippen molar-refractivity contribution in [1.82, 2.24) is 10.6 Å². The molecule has 1 aliphatic rings. The Morgan fingerprint density at radius 3 is 2.48 bits per heavy atom. The highest BCUT2D eigenvalue weighted by Gasteiger charge is 2.20. The number of benzene rings is 1. The van der Waals surface area contributed by atoms with E-state index in [1.165, 1.54) is 18.4 Å². The van der Waals surface area contributed by atoms with Gasteiger partial charge in [0.25, 0.3) is 0 Å². The molecule has 1 atom stereocenters. The first-order valence-electron chi connectivity index (χ1n) is 8.89. The second kappa shape index (κ2) is 12.4. The van der Waals surface area contributed by atoms with Crippen LogP contribution in [-0.4, -0.2) is 46.4 Å². The quantitative estimate of drug-likeness (QED) is 0.243. The SMILES string of the molecule is CN=C(NCCOCC1CC1)NCCC(C)c1ccc(OC)cc1.I. The number of hydrogen-bond acceptors (Lipinski definition) is 3. The maximum Gasteiger partial charge on any atom is 0.191 e. The van der Waals surface area contributed by atoms with Gasteiger partial charge in [-0.3, -0.25) is 4.99 Å². The van der Waals surface area contributed by atoms with Gasteiger partial charge in [-0.2, -0.15) is 0 Å². The molecule has 2 rings (SSSR count). The van der Waals surface area contributed by atoms with Gasteiger partial charge in [0.1, 0.15) is 5.75 Å². The molecule has 0 aliphatic heterocycles. The van der Waals surface area contributed by atoms with Crippen molar-refractivity contribution in [2.75, 3.05) is 40.5 Å². The molecular weight excluding hydrogens is 429 g/mol. The predicted octanol–water partition coefficient (Wildman–Crippen LogP) is 3.40. The van der Waals surface area contributed by atoms with Gasteiger partial charge in [0.2, 0.25) is 0 Å². The number of nitrogens with zero attached hydrogens (tertiary/aromatic N) is 1. The van der Waals surface area contributed by atoms with Gasteiger partial charge in [-0.25, -0.2) is 0 Å². The fourth-order valence-corrected chi connectivity index (χ4v) is 2.50. The van der Waals surface area contributed by atoms with Crippen LogP contribution in [0.1, 0.15) is 37.7 Å². The lowest BCUT2D eigenvalue weighted by molar-refractivity contribution is 0.129. The molecule has 1 unspecified atom stereocenters. The molecule has 142 valence electrons. The Morgan fingerprint density at radius 1 is 1.20 bits per heavy atom. The van der Waals surface area contributed by atoms with E-state index in [1.807, 2.05) is 12.1 Å². The summed E-state index contributed by atoms with van der Waals surface area (Å²) in [5.74, 6) is 3.05. The average molecular weight is 461 g/mol. The average Bonchev–Trinajstić information content (AvgIpc) is 3.44. The van der Waals surface area contributed by atoms with E-state index in [0.717, 1.165) is 50.4 Å². The standard InChI is InChI=1S/C19H31N3O2.HI/c1-15(17-6-8-18(23-3)9-7-17)10-11-21-19(20-2)22-12-13-24-14-16-4-5-16;/h6-9,15-16H,4-5,10-14H2,1-3H3,(H2,20,21,22);1H. The van der Waals surface area contributed by atoms with Crippen LogP contribution in [0.15, 0.2) is 29.3 Å². The molecule has 0 amide bonds. The third-order valence-electron chi connectivity index (χ3n) is 4.37. The smallest absolute Gasteiger partial charge is 0.191 e. The van der Waals surface area contributed by atoms with E-state index in [4.69, 9.17) is 9.47 Å². The van der Waals surface area contributed by atoms with Gasteiger partial charge in [0.15, 0.2) is 5.96 Å². The fraction of sp³-hybridized carbons (Fsp3) is 0.632. The van der Waals surface area contributed by atoms with Crippen molar-refractivity contribution in [1.29, 1.82) is 0 Å². The first kappa shape index (κ1) is 22.0. The number of rotatable bonds is 10. The van der Waals surface area contributed by atoms with Crippen molar-refractivity contribution < 1.29 is 9.47 Å². The Balaban J connectivity index is 0.00000312. The molecule has 25 heavy (non-hydrogen) atoms. The van der Waals surface area contributed by atoms with Crippen molar-refractivity contribution in [3.8, 4) is 5.75 Å². The Morgan fingerprint density at radius 2 is 1.88 bits per heavy atom. The normalized spacial score (nSPS) is 15.2. The van der Waals surface area contributed by atoms with Crippen LogP contribution in [0.2, 0.25) is 0 Å². The monoisotopic (exact) mass is 461 g/mol. The Bertz CT molecular complexity index is 504. The number of halogens is 1. The molecule has 0 bridgehead atoms. The minimum atomic E-state index is 0. The van der Waals surface area contributed by atoms with Gasteiger partial charge >= 0.3 is 0 Å². The van der Waals surface area contributed by atoms with E-state index in [0.29, 0.717) is 5.92 Å². The minimum absolute atomic E-state index is 0. The Labute approximate surface area is 169 Å². The fourth-order valence-electron chi connectivity index (χ4n) is 2.50. The van der Waals surface area contributed by atoms with Crippen LogP contribution in [0, 0.1) is 5.92 Å². The molecule has 1 aliphatic carbocycles. The molecular formula is C19H32IN3O2. The highest BCUT2D eigenvalue weighted by atomic mass is 127. The van der Waals surface area contributed by atoms with Crippen molar-refractivity contribution in [3.63, 3.8) is 0 Å². The van der Waals surface area contributed by atoms with E-state index >= 15 is 0 Å². The summed E-state index contributed by atoms with van der Waals surface area (Å²) in [6, 6.07) is 8.30. The molecule has 1 saturated carbocycles. The van der Waals surface area contributed by atoms with E-state index in [1.54, 1.807) is 14.2 Å². The van der Waals surface area contributed by atoms with Crippen molar-refractivity contribution in [3.05, 3.63) is 29.8 Å². The van der Waals surface area contributed by atoms with Crippen LogP contribution in [0.3, 0.4) is 0 Å². The third-order valence-corrected chi connectivity index (χ3v) is 4.37. The summed E-state index contributed by atoms with van der Waals surface area (Å²) in [6.45, 7) is 5.56. The van der Waals surface area contributed by atoms with Gasteiger partial charge in [0.05, 0.1) is 13.7 Å². The zero-order valence-corrected chi connectivity index (χ0v) is 17.9. The summed E-state index contributed by atoms with van der Waals surface area (Å²) in [7, 11) is 3.49. The molecule has 2 N–H and O–H groups in total. The molecule has 1 fully saturated rings. The second-order valence-corrected chi connectivity index (χ2v) is 6.41. The van der Waals surface area contributed by atoms with Gasteiger partial charge in [-0.1, -0.05) is 19.1 Å². The lowest BCUT2D eigenvalue weighted by Crippen LogP contribution is -2.39. The maximum atomic E-state index is 5.62. The summed E-state index contributed by atoms with van der Waals surface area (Å²) in [5.41, 5.74) is 1.33. The largest absolute Gasteiger partial charge is 0.497 e. The first-order chi connectivity index (χ1) is 11.7. The highest BCUT2D eigenvalue weighted by molar-refractivity contribution is 14.0. The van der Waals surface area contributed by atoms with Crippen molar-refractivity contribution in [2.24, 2.45) is 10.9 Å². The molecule has 0 heterocycles. The maximum absolute atomic E-state index is 5.62. The van der Waals surface area contributed by atoms with Gasteiger partial charge in [-0.05, 0) is 48.8 Å². The molecule has 0 aromatic heterocycles. The minimum Gasteiger partial charge on any atom is -0.497 e. The third kappa shape index (κ3) is 8.76. The zero-order valence-electron chi connectivity index (χ0n) is 15.6. The lowest BCUT2D eigenvalue weighted by atomic mass is 9.98. The highest BCUT2D eigenvalue weighted by Crippen LogP contribution is 2.28. The van der Waals surface area contributed by atoms with Crippen LogP contribution >= 0.6 is 24.0 Å². The molecule has 5 nitrogen and oxygen atoms in total. The van der Waals surface area contributed by atoms with E-state index < -0.39 is 0 Å². The van der Waals surface area contributed by atoms with Crippen LogP contribution in [-0.2, 0) is 4.74 Å². The molecule has 0 spiro atoms. The first-order valence-corrected chi connectivity index (χ1v) is 8.89. The van der Waals surface area contributed by atoms with E-state index in [2.05, 4.69) is 34.7 Å². The van der Waals surface area contributed by atoms with Gasteiger partial charge in [0, 0.05) is 26.7 Å². The van der Waals surface area contributed by atoms with Crippen LogP contribution in [0.5, 0.6) is 5.75 Å². The molecule has 1 aromatic rings. The number of ether oxygens (including phenoxy) is 2. The van der Waals surface area contributed by atoms with Crippen LogP contribution in [0.4, 0.5) is 0 Å². The number of aliphatic imine (C=N–C) groups is 1. The van der Waals surface area contributed by atoms with Crippen LogP contribution in [0.25, 0.3) is 0 Å². The lowest BCUT2D eigenvalue weighted by Gasteiger charge is -2.15. The zero-order chi connectivity index (χ0) is 17.2. The Hall–Kier alpha value is -1.02. The summed E-state index contributed by atoms with van der Waals surface area (Å²) >= 11 is 0. The summed E-state index contributed by atoms with van der Waals surface area (Å²) in [6.07, 6.45) is 3.72. The number of methoxy groups -OCH3 is 1. The molecule has 0 radical (unpaired) electrons. The number of guanidine groups is 1. The van der Waals surface area contributed by atoms with Crippen molar-refractivity contribution in [2.45, 2.75) is 32.1 Å². The van der Waals surface area contributed by atoms with E-state index in [-0.39, 0.29) is 24.0 Å². The van der Waals surface area contributed by atoms with Gasteiger partial charge in [-0.15, -0.1) is 24.0 Å². The summed E-state index contributed by atoms with van der Waals surface area (Å²) < 4.78 is 10.8. The van der Waals surface area contributed by atoms with Gasteiger partial charge < -0.3 is 20.1 Å². The summed E-state index contributed by atoms with van der Waals surface area (Å²) in [5, 5.41) is 6.65. The molecule has 6 heteroatoms. The second-order valence-electron chi connectivity index (χ2n) is 6.41. The molecule has 0 saturated heterocycles. The predicted molar refractivity (Wildman–Crippen MR) is 114 cm³/mol. The number of hydrogen-bond donors (Lipinski definition) is 2. The topological polar surface area (TPSA) is 54.9 Å². The van der Waals surface area contributed by atoms with Crippen LogP contribution < -0.4 is 15.4 Å². The number of nitrogens with one attached hydrogen (secondary N) is 2. The Kier molecular flexibility index (Phi) is 10.9. The summed E-state index contributed by atoms with van der Waals surface area (Å²) in [4.78, 5) is 4.25. The van der Waals surface area contributed by atoms with E-state index in [9.17, 15) is 0 Å². The van der Waals surface area contributed by atoms with Crippen molar-refractivity contribution >= 4 is 29.9 Å². The molecule has 1 aromatic carbocycles.